The lowest BCUT2D eigenvalue weighted by molar-refractivity contribution is -0.137. The standard InChI is InChI=1S/C14H10BrF3O/c1-19-11-4-2-3-9(7-11)12-8-10(14(16,17)18)5-6-13(12)15/h2-8H,1H3. The number of methoxy groups -OCH3 is 1. The van der Waals surface area contributed by atoms with Gasteiger partial charge in [-0.25, -0.2) is 0 Å². The van der Waals surface area contributed by atoms with E-state index in [1.165, 1.54) is 13.2 Å². The molecule has 0 aliphatic rings. The van der Waals surface area contributed by atoms with E-state index in [2.05, 4.69) is 15.9 Å². The van der Waals surface area contributed by atoms with Gasteiger partial charge < -0.3 is 4.74 Å². The molecule has 0 aromatic heterocycles. The summed E-state index contributed by atoms with van der Waals surface area (Å²) in [5, 5.41) is 0. The van der Waals surface area contributed by atoms with Gasteiger partial charge in [0.15, 0.2) is 0 Å². The molecule has 0 bridgehead atoms. The average Bonchev–Trinajstić information content (AvgIpc) is 2.38. The quantitative estimate of drug-likeness (QED) is 0.740. The SMILES string of the molecule is COc1cccc(-c2cc(C(F)(F)F)ccc2Br)c1. The van der Waals surface area contributed by atoms with Gasteiger partial charge in [-0.05, 0) is 41.5 Å². The van der Waals surface area contributed by atoms with Crippen LogP contribution in [0.4, 0.5) is 13.2 Å². The molecule has 0 amide bonds. The summed E-state index contributed by atoms with van der Waals surface area (Å²) in [6.07, 6.45) is -4.35. The molecule has 0 unspecified atom stereocenters. The number of alkyl halides is 3. The molecule has 0 aliphatic heterocycles. The Morgan fingerprint density at radius 1 is 1.05 bits per heavy atom. The minimum absolute atomic E-state index is 0.480. The molecule has 5 heteroatoms. The Kier molecular flexibility index (Phi) is 3.85. The highest BCUT2D eigenvalue weighted by Crippen LogP contribution is 2.36. The summed E-state index contributed by atoms with van der Waals surface area (Å²) >= 11 is 3.27. The lowest BCUT2D eigenvalue weighted by atomic mass is 10.0. The van der Waals surface area contributed by atoms with Crippen molar-refractivity contribution in [1.29, 1.82) is 0 Å². The molecule has 100 valence electrons. The molecular formula is C14H10BrF3O. The highest BCUT2D eigenvalue weighted by molar-refractivity contribution is 9.10. The van der Waals surface area contributed by atoms with Gasteiger partial charge in [0.1, 0.15) is 5.75 Å². The second kappa shape index (κ2) is 5.25. The third-order valence-corrected chi connectivity index (χ3v) is 3.37. The molecule has 0 spiro atoms. The van der Waals surface area contributed by atoms with Gasteiger partial charge in [0.2, 0.25) is 0 Å². The molecule has 1 nitrogen and oxygen atoms in total. The van der Waals surface area contributed by atoms with Crippen LogP contribution in [0.2, 0.25) is 0 Å². The minimum Gasteiger partial charge on any atom is -0.497 e. The summed E-state index contributed by atoms with van der Waals surface area (Å²) in [5.41, 5.74) is 0.472. The van der Waals surface area contributed by atoms with Gasteiger partial charge >= 0.3 is 6.18 Å². The van der Waals surface area contributed by atoms with Crippen molar-refractivity contribution in [2.75, 3.05) is 7.11 Å². The smallest absolute Gasteiger partial charge is 0.416 e. The third-order valence-electron chi connectivity index (χ3n) is 2.67. The Morgan fingerprint density at radius 2 is 1.79 bits per heavy atom. The van der Waals surface area contributed by atoms with Gasteiger partial charge in [0.25, 0.3) is 0 Å². The maximum atomic E-state index is 12.7. The van der Waals surface area contributed by atoms with Gasteiger partial charge in [-0.2, -0.15) is 13.2 Å². The number of rotatable bonds is 2. The Labute approximate surface area is 117 Å². The number of hydrogen-bond donors (Lipinski definition) is 0. The molecule has 2 aromatic carbocycles. The Morgan fingerprint density at radius 3 is 2.42 bits per heavy atom. The van der Waals surface area contributed by atoms with E-state index >= 15 is 0 Å². The van der Waals surface area contributed by atoms with Crippen molar-refractivity contribution in [3.8, 4) is 16.9 Å². The first-order valence-electron chi connectivity index (χ1n) is 5.43. The van der Waals surface area contributed by atoms with Gasteiger partial charge in [0.05, 0.1) is 12.7 Å². The first-order valence-corrected chi connectivity index (χ1v) is 6.22. The zero-order valence-electron chi connectivity index (χ0n) is 9.96. The molecule has 19 heavy (non-hydrogen) atoms. The maximum Gasteiger partial charge on any atom is 0.416 e. The number of benzene rings is 2. The van der Waals surface area contributed by atoms with Crippen LogP contribution in [0.3, 0.4) is 0 Å². The largest absolute Gasteiger partial charge is 0.497 e. The van der Waals surface area contributed by atoms with Gasteiger partial charge in [0, 0.05) is 4.47 Å². The molecule has 0 saturated heterocycles. The van der Waals surface area contributed by atoms with E-state index in [1.807, 2.05) is 0 Å². The van der Waals surface area contributed by atoms with Crippen LogP contribution in [-0.2, 0) is 6.18 Å². The number of halogens is 4. The fraction of sp³-hybridized carbons (Fsp3) is 0.143. The van der Waals surface area contributed by atoms with Gasteiger partial charge in [-0.1, -0.05) is 28.1 Å². The van der Waals surface area contributed by atoms with Crippen molar-refractivity contribution in [1.82, 2.24) is 0 Å². The first kappa shape index (κ1) is 13.9. The maximum absolute atomic E-state index is 12.7. The van der Waals surface area contributed by atoms with E-state index in [0.717, 1.165) is 12.1 Å². The number of ether oxygens (including phenoxy) is 1. The molecule has 0 saturated carbocycles. The summed E-state index contributed by atoms with van der Waals surface area (Å²) < 4.78 is 43.8. The highest BCUT2D eigenvalue weighted by Gasteiger charge is 2.30. The summed E-state index contributed by atoms with van der Waals surface area (Å²) in [7, 11) is 1.51. The van der Waals surface area contributed by atoms with Crippen LogP contribution < -0.4 is 4.74 Å². The predicted molar refractivity (Wildman–Crippen MR) is 71.1 cm³/mol. The van der Waals surface area contributed by atoms with Gasteiger partial charge in [-0.15, -0.1) is 0 Å². The molecule has 0 heterocycles. The molecule has 0 radical (unpaired) electrons. The Balaban J connectivity index is 2.54. The van der Waals surface area contributed by atoms with Crippen LogP contribution in [0.15, 0.2) is 46.9 Å². The van der Waals surface area contributed by atoms with E-state index in [0.29, 0.717) is 21.3 Å². The van der Waals surface area contributed by atoms with E-state index in [1.54, 1.807) is 24.3 Å². The summed E-state index contributed by atoms with van der Waals surface area (Å²) in [5.74, 6) is 0.599. The van der Waals surface area contributed by atoms with Crippen molar-refractivity contribution in [2.24, 2.45) is 0 Å². The lowest BCUT2D eigenvalue weighted by Crippen LogP contribution is -2.04. The van der Waals surface area contributed by atoms with Gasteiger partial charge in [-0.3, -0.25) is 0 Å². The molecule has 2 rings (SSSR count). The van der Waals surface area contributed by atoms with E-state index < -0.39 is 11.7 Å². The first-order chi connectivity index (χ1) is 8.91. The molecule has 0 aliphatic carbocycles. The second-order valence-corrected chi connectivity index (χ2v) is 4.78. The number of hydrogen-bond acceptors (Lipinski definition) is 1. The molecule has 0 N–H and O–H groups in total. The van der Waals surface area contributed by atoms with Crippen molar-refractivity contribution < 1.29 is 17.9 Å². The van der Waals surface area contributed by atoms with Crippen LogP contribution in [0.5, 0.6) is 5.75 Å². The van der Waals surface area contributed by atoms with Crippen molar-refractivity contribution in [3.05, 3.63) is 52.5 Å². The van der Waals surface area contributed by atoms with Crippen molar-refractivity contribution in [3.63, 3.8) is 0 Å². The lowest BCUT2D eigenvalue weighted by Gasteiger charge is -2.11. The van der Waals surface area contributed by atoms with Crippen LogP contribution in [0, 0.1) is 0 Å². The van der Waals surface area contributed by atoms with Crippen molar-refractivity contribution >= 4 is 15.9 Å². The van der Waals surface area contributed by atoms with E-state index in [-0.39, 0.29) is 0 Å². The summed E-state index contributed by atoms with van der Waals surface area (Å²) in [6.45, 7) is 0. The van der Waals surface area contributed by atoms with Crippen LogP contribution in [0.25, 0.3) is 11.1 Å². The molecule has 2 aromatic rings. The molecular weight excluding hydrogens is 321 g/mol. The molecule has 0 atom stereocenters. The zero-order chi connectivity index (χ0) is 14.0. The Hall–Kier alpha value is -1.49. The topological polar surface area (TPSA) is 9.23 Å². The predicted octanol–water partition coefficient (Wildman–Crippen LogP) is 5.14. The highest BCUT2D eigenvalue weighted by atomic mass is 79.9. The fourth-order valence-electron chi connectivity index (χ4n) is 1.71. The summed E-state index contributed by atoms with van der Waals surface area (Å²) in [4.78, 5) is 0. The van der Waals surface area contributed by atoms with E-state index in [4.69, 9.17) is 4.74 Å². The van der Waals surface area contributed by atoms with Crippen LogP contribution >= 0.6 is 15.9 Å². The summed E-state index contributed by atoms with van der Waals surface area (Å²) in [6, 6.07) is 10.5. The average molecular weight is 331 g/mol. The van der Waals surface area contributed by atoms with Crippen LogP contribution in [0.1, 0.15) is 5.56 Å². The minimum atomic E-state index is -4.35. The monoisotopic (exact) mass is 330 g/mol. The molecule has 0 fully saturated rings. The fourth-order valence-corrected chi connectivity index (χ4v) is 2.19. The van der Waals surface area contributed by atoms with E-state index in [9.17, 15) is 13.2 Å². The Bertz CT molecular complexity index is 593. The third kappa shape index (κ3) is 3.10. The van der Waals surface area contributed by atoms with Crippen molar-refractivity contribution in [2.45, 2.75) is 6.18 Å². The van der Waals surface area contributed by atoms with Crippen LogP contribution in [-0.4, -0.2) is 7.11 Å². The zero-order valence-corrected chi connectivity index (χ0v) is 11.5. The second-order valence-electron chi connectivity index (χ2n) is 3.92. The normalized spacial score (nSPS) is 11.4.